The molecule has 148 valence electrons. The summed E-state index contributed by atoms with van der Waals surface area (Å²) in [4.78, 5) is 14.8. The molecule has 28 heavy (non-hydrogen) atoms. The monoisotopic (exact) mass is 399 g/mol. The number of amides is 1. The second-order valence-electron chi connectivity index (χ2n) is 7.25. The van der Waals surface area contributed by atoms with Gasteiger partial charge in [-0.25, -0.2) is 8.42 Å². The van der Waals surface area contributed by atoms with E-state index in [0.717, 1.165) is 5.56 Å². The van der Waals surface area contributed by atoms with Crippen LogP contribution in [-0.4, -0.2) is 32.2 Å². The molecular weight excluding hydrogens is 374 g/mol. The Balaban J connectivity index is 1.89. The van der Waals surface area contributed by atoms with Gasteiger partial charge in [0.15, 0.2) is 15.9 Å². The first kappa shape index (κ1) is 20.1. The molecular formula is C22H25NO4S. The molecule has 1 aliphatic heterocycles. The van der Waals surface area contributed by atoms with E-state index in [9.17, 15) is 13.2 Å². The van der Waals surface area contributed by atoms with Gasteiger partial charge >= 0.3 is 0 Å². The summed E-state index contributed by atoms with van der Waals surface area (Å²) in [7, 11) is -3.30. The molecule has 5 nitrogen and oxygen atoms in total. The zero-order valence-electron chi connectivity index (χ0n) is 16.3. The third kappa shape index (κ3) is 4.62. The van der Waals surface area contributed by atoms with Crippen molar-refractivity contribution in [1.29, 1.82) is 0 Å². The summed E-state index contributed by atoms with van der Waals surface area (Å²) in [6.07, 6.45) is 0.808. The third-order valence-electron chi connectivity index (χ3n) is 4.72. The first-order valence-corrected chi connectivity index (χ1v) is 11.0. The molecule has 0 saturated heterocycles. The van der Waals surface area contributed by atoms with Crippen LogP contribution in [0.5, 0.6) is 5.75 Å². The fourth-order valence-electron chi connectivity index (χ4n) is 3.17. The van der Waals surface area contributed by atoms with E-state index in [0.29, 0.717) is 17.4 Å². The Morgan fingerprint density at radius 2 is 1.68 bits per heavy atom. The lowest BCUT2D eigenvalue weighted by atomic mass is 10.0. The number of rotatable bonds is 6. The smallest absolute Gasteiger partial charge is 0.268 e. The molecule has 3 rings (SSSR count). The maximum absolute atomic E-state index is 13.2. The topological polar surface area (TPSA) is 63.7 Å². The van der Waals surface area contributed by atoms with Crippen LogP contribution in [0, 0.1) is 0 Å². The Hall–Kier alpha value is -2.60. The average Bonchev–Trinajstić information content (AvgIpc) is 3.02. The molecule has 1 heterocycles. The molecule has 0 N–H and O–H groups in total. The molecule has 6 heteroatoms. The van der Waals surface area contributed by atoms with Crippen LogP contribution in [-0.2, 0) is 14.6 Å². The number of ether oxygens (including phenoxy) is 1. The maximum atomic E-state index is 13.2. The van der Waals surface area contributed by atoms with Crippen LogP contribution in [0.25, 0.3) is 0 Å². The van der Waals surface area contributed by atoms with E-state index in [1.165, 1.54) is 10.3 Å². The Morgan fingerprint density at radius 1 is 1.04 bits per heavy atom. The third-order valence-corrected chi connectivity index (χ3v) is 6.10. The molecule has 0 bridgehead atoms. The van der Waals surface area contributed by atoms with Crippen LogP contribution in [0.1, 0.15) is 32.3 Å². The van der Waals surface area contributed by atoms with Crippen LogP contribution in [0.4, 0.5) is 5.69 Å². The number of carbonyl (C=O) groups is 1. The summed E-state index contributed by atoms with van der Waals surface area (Å²) in [5.41, 5.74) is 1.81. The van der Waals surface area contributed by atoms with E-state index >= 15 is 0 Å². The predicted molar refractivity (Wildman–Crippen MR) is 111 cm³/mol. The summed E-state index contributed by atoms with van der Waals surface area (Å²) >= 11 is 0. The highest BCUT2D eigenvalue weighted by molar-refractivity contribution is 7.94. The molecule has 2 aromatic carbocycles. The van der Waals surface area contributed by atoms with Gasteiger partial charge in [-0.05, 0) is 48.7 Å². The molecule has 0 unspecified atom stereocenters. The van der Waals surface area contributed by atoms with Crippen molar-refractivity contribution in [2.24, 2.45) is 0 Å². The second kappa shape index (κ2) is 8.19. The number of benzene rings is 2. The van der Waals surface area contributed by atoms with Crippen molar-refractivity contribution in [1.82, 2.24) is 0 Å². The summed E-state index contributed by atoms with van der Waals surface area (Å²) in [5, 5.41) is 1.18. The molecule has 1 aliphatic rings. The molecule has 0 fully saturated rings. The summed E-state index contributed by atoms with van der Waals surface area (Å²) in [6, 6.07) is 16.2. The van der Waals surface area contributed by atoms with Gasteiger partial charge in [0.25, 0.3) is 5.91 Å². The highest BCUT2D eigenvalue weighted by Crippen LogP contribution is 2.26. The zero-order chi connectivity index (χ0) is 20.3. The number of hydrogen-bond acceptors (Lipinski definition) is 4. The van der Waals surface area contributed by atoms with Gasteiger partial charge in [-0.3, -0.25) is 4.79 Å². The number of nitrogens with zero attached hydrogens (tertiary/aromatic N) is 1. The largest absolute Gasteiger partial charge is 0.481 e. The lowest BCUT2D eigenvalue weighted by molar-refractivity contribution is -0.124. The number of para-hydroxylation sites is 1. The SMILES string of the molecule is CC(C)c1ccc(N(C(=O)[C@H](C)Oc2ccccc2)[C@H]2C=CS(=O)(=O)C2)cc1. The number of carbonyl (C=O) groups excluding carboxylic acids is 1. The molecule has 0 saturated carbocycles. The maximum Gasteiger partial charge on any atom is 0.268 e. The zero-order valence-corrected chi connectivity index (χ0v) is 17.1. The van der Waals surface area contributed by atoms with E-state index in [1.54, 1.807) is 25.1 Å². The first-order valence-electron chi connectivity index (χ1n) is 9.32. The van der Waals surface area contributed by atoms with Crippen molar-refractivity contribution in [2.45, 2.75) is 38.8 Å². The van der Waals surface area contributed by atoms with Crippen LogP contribution in [0.15, 0.2) is 66.1 Å². The van der Waals surface area contributed by atoms with Crippen molar-refractivity contribution in [3.8, 4) is 5.75 Å². The standard InChI is InChI=1S/C22H25NO4S/c1-16(2)18-9-11-19(12-10-18)23(20-13-14-28(25,26)15-20)22(24)17(3)27-21-7-5-4-6-8-21/h4-14,16-17,20H,15H2,1-3H3/t17-,20-/m0/s1. The lowest BCUT2D eigenvalue weighted by Crippen LogP contribution is -2.47. The molecule has 2 atom stereocenters. The van der Waals surface area contributed by atoms with Crippen molar-refractivity contribution in [3.63, 3.8) is 0 Å². The summed E-state index contributed by atoms with van der Waals surface area (Å²) < 4.78 is 29.7. The molecule has 1 amide bonds. The Morgan fingerprint density at radius 3 is 2.21 bits per heavy atom. The summed E-state index contributed by atoms with van der Waals surface area (Å²) in [6.45, 7) is 5.87. The van der Waals surface area contributed by atoms with Crippen LogP contribution >= 0.6 is 0 Å². The lowest BCUT2D eigenvalue weighted by Gasteiger charge is -2.30. The van der Waals surface area contributed by atoms with Gasteiger partial charge < -0.3 is 9.64 Å². The van der Waals surface area contributed by atoms with Crippen molar-refractivity contribution >= 4 is 21.4 Å². The van der Waals surface area contributed by atoms with E-state index in [1.807, 2.05) is 42.5 Å². The Kier molecular flexibility index (Phi) is 5.89. The minimum absolute atomic E-state index is 0.122. The molecule has 0 radical (unpaired) electrons. The normalized spacial score (nSPS) is 18.8. The van der Waals surface area contributed by atoms with E-state index in [2.05, 4.69) is 13.8 Å². The predicted octanol–water partition coefficient (Wildman–Crippen LogP) is 3.92. The molecule has 0 aliphatic carbocycles. The van der Waals surface area contributed by atoms with Crippen LogP contribution in [0.3, 0.4) is 0 Å². The number of anilines is 1. The Labute approximate surface area is 166 Å². The number of sulfone groups is 1. The minimum Gasteiger partial charge on any atom is -0.481 e. The molecule has 2 aromatic rings. The van der Waals surface area contributed by atoms with Crippen molar-refractivity contribution < 1.29 is 17.9 Å². The van der Waals surface area contributed by atoms with Crippen molar-refractivity contribution in [3.05, 3.63) is 71.6 Å². The van der Waals surface area contributed by atoms with Gasteiger partial charge in [-0.2, -0.15) is 0 Å². The number of hydrogen-bond donors (Lipinski definition) is 0. The van der Waals surface area contributed by atoms with Gasteiger partial charge in [-0.1, -0.05) is 44.2 Å². The van der Waals surface area contributed by atoms with Gasteiger partial charge in [0.1, 0.15) is 5.75 Å². The molecule has 0 aromatic heterocycles. The van der Waals surface area contributed by atoms with E-state index < -0.39 is 22.0 Å². The van der Waals surface area contributed by atoms with Crippen molar-refractivity contribution in [2.75, 3.05) is 10.7 Å². The highest BCUT2D eigenvalue weighted by atomic mass is 32.2. The van der Waals surface area contributed by atoms with Gasteiger partial charge in [-0.15, -0.1) is 0 Å². The first-order chi connectivity index (χ1) is 13.3. The van der Waals surface area contributed by atoms with Gasteiger partial charge in [0.05, 0.1) is 11.8 Å². The van der Waals surface area contributed by atoms with Gasteiger partial charge in [0.2, 0.25) is 0 Å². The summed E-state index contributed by atoms with van der Waals surface area (Å²) in [5.74, 6) is 0.550. The van der Waals surface area contributed by atoms with Crippen LogP contribution in [0.2, 0.25) is 0 Å². The van der Waals surface area contributed by atoms with Crippen LogP contribution < -0.4 is 9.64 Å². The minimum atomic E-state index is -3.30. The fourth-order valence-corrected chi connectivity index (χ4v) is 4.44. The fraction of sp³-hybridized carbons (Fsp3) is 0.318. The second-order valence-corrected chi connectivity index (χ2v) is 9.18. The van der Waals surface area contributed by atoms with E-state index in [-0.39, 0.29) is 11.7 Å². The molecule has 0 spiro atoms. The highest BCUT2D eigenvalue weighted by Gasteiger charge is 2.34. The Bertz CT molecular complexity index is 950. The quantitative estimate of drug-likeness (QED) is 0.739. The average molecular weight is 400 g/mol. The van der Waals surface area contributed by atoms with E-state index in [4.69, 9.17) is 4.74 Å². The van der Waals surface area contributed by atoms with Gasteiger partial charge in [0, 0.05) is 11.1 Å².